The maximum atomic E-state index is 12.3. The molecule has 0 spiro atoms. The van der Waals surface area contributed by atoms with Crippen LogP contribution in [0, 0.1) is 11.3 Å². The number of amides is 1. The number of anilines is 1. The summed E-state index contributed by atoms with van der Waals surface area (Å²) < 4.78 is 31.1. The first-order valence-corrected chi connectivity index (χ1v) is 9.79. The van der Waals surface area contributed by atoms with Gasteiger partial charge in [0, 0.05) is 0 Å². The average Bonchev–Trinajstić information content (AvgIpc) is 2.68. The Hall–Kier alpha value is -2.93. The molecule has 2 aromatic carbocycles. The summed E-state index contributed by atoms with van der Waals surface area (Å²) in [5.74, 6) is -1.55. The second kappa shape index (κ2) is 8.84. The Labute approximate surface area is 167 Å². The molecule has 0 aliphatic rings. The summed E-state index contributed by atoms with van der Waals surface area (Å²) in [6.07, 6.45) is -1.20. The summed E-state index contributed by atoms with van der Waals surface area (Å²) in [5.41, 5.74) is 0.455. The van der Waals surface area contributed by atoms with Crippen LogP contribution in [0.4, 0.5) is 5.69 Å². The highest BCUT2D eigenvalue weighted by molar-refractivity contribution is 7.89. The van der Waals surface area contributed by atoms with E-state index in [1.165, 1.54) is 32.2 Å². The van der Waals surface area contributed by atoms with E-state index in [0.29, 0.717) is 0 Å². The molecule has 10 heteroatoms. The van der Waals surface area contributed by atoms with Gasteiger partial charge in [-0.05, 0) is 44.3 Å². The fourth-order valence-corrected chi connectivity index (χ4v) is 3.40. The molecular formula is C18H16ClN3O5S. The van der Waals surface area contributed by atoms with E-state index in [0.717, 1.165) is 6.07 Å². The molecule has 2 rings (SSSR count). The zero-order valence-electron chi connectivity index (χ0n) is 14.9. The van der Waals surface area contributed by atoms with Gasteiger partial charge in [0.05, 0.1) is 21.8 Å². The fourth-order valence-electron chi connectivity index (χ4n) is 2.15. The maximum Gasteiger partial charge on any atom is 0.338 e. The third kappa shape index (κ3) is 4.86. The first-order valence-electron chi connectivity index (χ1n) is 7.93. The van der Waals surface area contributed by atoms with Crippen molar-refractivity contribution in [3.8, 4) is 6.07 Å². The molecule has 0 fully saturated rings. The third-order valence-corrected chi connectivity index (χ3v) is 5.58. The van der Waals surface area contributed by atoms with E-state index in [9.17, 15) is 18.0 Å². The largest absolute Gasteiger partial charge is 0.449 e. The molecule has 0 heterocycles. The van der Waals surface area contributed by atoms with Crippen molar-refractivity contribution in [3.05, 3.63) is 58.6 Å². The Morgan fingerprint density at radius 1 is 1.21 bits per heavy atom. The van der Waals surface area contributed by atoms with Crippen LogP contribution < -0.4 is 10.0 Å². The molecule has 2 aromatic rings. The van der Waals surface area contributed by atoms with Crippen molar-refractivity contribution < 1.29 is 22.7 Å². The fraction of sp³-hybridized carbons (Fsp3) is 0.167. The van der Waals surface area contributed by atoms with E-state index in [2.05, 4.69) is 10.0 Å². The summed E-state index contributed by atoms with van der Waals surface area (Å²) in [7, 11) is -2.67. The summed E-state index contributed by atoms with van der Waals surface area (Å²) in [6, 6.07) is 11.9. The monoisotopic (exact) mass is 421 g/mol. The summed E-state index contributed by atoms with van der Waals surface area (Å²) in [4.78, 5) is 24.3. The first-order chi connectivity index (χ1) is 13.2. The SMILES string of the molecule is CNS(=O)(=O)c1cc(C(=O)O[C@H](C)C(=O)Nc2ccccc2C#N)ccc1Cl. The Balaban J connectivity index is 2.15. The molecule has 0 aliphatic carbocycles. The van der Waals surface area contributed by atoms with E-state index in [1.807, 2.05) is 6.07 Å². The van der Waals surface area contributed by atoms with Crippen LogP contribution in [-0.2, 0) is 19.6 Å². The average molecular weight is 422 g/mol. The van der Waals surface area contributed by atoms with Gasteiger partial charge in [0.15, 0.2) is 6.10 Å². The maximum absolute atomic E-state index is 12.3. The predicted molar refractivity (Wildman–Crippen MR) is 102 cm³/mol. The number of nitrogens with one attached hydrogen (secondary N) is 2. The van der Waals surface area contributed by atoms with Crippen molar-refractivity contribution in [1.82, 2.24) is 4.72 Å². The predicted octanol–water partition coefficient (Wildman–Crippen LogP) is 2.30. The number of nitrogens with zero attached hydrogens (tertiary/aromatic N) is 1. The van der Waals surface area contributed by atoms with E-state index >= 15 is 0 Å². The minimum atomic E-state index is -3.88. The number of carbonyl (C=O) groups excluding carboxylic acids is 2. The van der Waals surface area contributed by atoms with Crippen LogP contribution in [0.5, 0.6) is 0 Å². The van der Waals surface area contributed by atoms with E-state index in [4.69, 9.17) is 21.6 Å². The Bertz CT molecular complexity index is 1060. The lowest BCUT2D eigenvalue weighted by Gasteiger charge is -2.14. The van der Waals surface area contributed by atoms with Gasteiger partial charge in [-0.15, -0.1) is 0 Å². The lowest BCUT2D eigenvalue weighted by atomic mass is 10.2. The highest BCUT2D eigenvalue weighted by atomic mass is 35.5. The molecule has 2 N–H and O–H groups in total. The minimum Gasteiger partial charge on any atom is -0.449 e. The number of nitriles is 1. The van der Waals surface area contributed by atoms with Crippen molar-refractivity contribution in [2.75, 3.05) is 12.4 Å². The van der Waals surface area contributed by atoms with Crippen LogP contribution >= 0.6 is 11.6 Å². The standard InChI is InChI=1S/C18H16ClN3O5S/c1-11(17(23)22-15-6-4-3-5-13(15)10-20)27-18(24)12-7-8-14(19)16(9-12)28(25,26)21-2/h3-9,11,21H,1-2H3,(H,22,23)/t11-/m1/s1. The topological polar surface area (TPSA) is 125 Å². The molecule has 0 saturated heterocycles. The highest BCUT2D eigenvalue weighted by Crippen LogP contribution is 2.23. The van der Waals surface area contributed by atoms with E-state index < -0.39 is 28.0 Å². The minimum absolute atomic E-state index is 0.0650. The van der Waals surface area contributed by atoms with Gasteiger partial charge in [0.1, 0.15) is 11.0 Å². The molecule has 0 radical (unpaired) electrons. The molecule has 1 atom stereocenters. The molecule has 0 aliphatic heterocycles. The zero-order valence-corrected chi connectivity index (χ0v) is 16.5. The molecular weight excluding hydrogens is 406 g/mol. The highest BCUT2D eigenvalue weighted by Gasteiger charge is 2.23. The van der Waals surface area contributed by atoms with Gasteiger partial charge in [-0.3, -0.25) is 4.79 Å². The summed E-state index contributed by atoms with van der Waals surface area (Å²) in [6.45, 7) is 1.35. The number of carbonyl (C=O) groups is 2. The van der Waals surface area contributed by atoms with Crippen LogP contribution in [0.2, 0.25) is 5.02 Å². The van der Waals surface area contributed by atoms with Crippen molar-refractivity contribution >= 4 is 39.2 Å². The van der Waals surface area contributed by atoms with Crippen LogP contribution in [0.1, 0.15) is 22.8 Å². The number of sulfonamides is 1. The number of esters is 1. The number of hydrogen-bond donors (Lipinski definition) is 2. The van der Waals surface area contributed by atoms with Crippen molar-refractivity contribution in [2.45, 2.75) is 17.9 Å². The molecule has 0 saturated carbocycles. The van der Waals surface area contributed by atoms with Gasteiger partial charge in [-0.25, -0.2) is 17.9 Å². The summed E-state index contributed by atoms with van der Waals surface area (Å²) in [5, 5.41) is 11.5. The van der Waals surface area contributed by atoms with Crippen LogP contribution in [0.25, 0.3) is 0 Å². The van der Waals surface area contributed by atoms with Crippen LogP contribution in [-0.4, -0.2) is 33.4 Å². The quantitative estimate of drug-likeness (QED) is 0.689. The Morgan fingerprint density at radius 2 is 1.89 bits per heavy atom. The normalized spacial score (nSPS) is 11.9. The first kappa shape index (κ1) is 21.4. The zero-order chi connectivity index (χ0) is 20.9. The smallest absolute Gasteiger partial charge is 0.338 e. The molecule has 1 amide bonds. The lowest BCUT2D eigenvalue weighted by molar-refractivity contribution is -0.123. The molecule has 28 heavy (non-hydrogen) atoms. The van der Waals surface area contributed by atoms with Gasteiger partial charge in [0.25, 0.3) is 5.91 Å². The third-order valence-electron chi connectivity index (χ3n) is 3.68. The Morgan fingerprint density at radius 3 is 2.54 bits per heavy atom. The molecule has 8 nitrogen and oxygen atoms in total. The molecule has 0 unspecified atom stereocenters. The van der Waals surface area contributed by atoms with Gasteiger partial charge in [-0.2, -0.15) is 5.26 Å². The van der Waals surface area contributed by atoms with E-state index in [-0.39, 0.29) is 26.7 Å². The number of rotatable bonds is 6. The van der Waals surface area contributed by atoms with Crippen LogP contribution in [0.3, 0.4) is 0 Å². The van der Waals surface area contributed by atoms with Gasteiger partial charge in [0.2, 0.25) is 10.0 Å². The second-order valence-corrected chi connectivity index (χ2v) is 7.81. The summed E-state index contributed by atoms with van der Waals surface area (Å²) >= 11 is 5.88. The Kier molecular flexibility index (Phi) is 6.75. The molecule has 0 aromatic heterocycles. The van der Waals surface area contributed by atoms with Gasteiger partial charge >= 0.3 is 5.97 Å². The number of para-hydroxylation sites is 1. The van der Waals surface area contributed by atoms with Gasteiger partial charge < -0.3 is 10.1 Å². The number of halogens is 1. The number of hydrogen-bond acceptors (Lipinski definition) is 6. The number of ether oxygens (including phenoxy) is 1. The van der Waals surface area contributed by atoms with E-state index in [1.54, 1.807) is 18.2 Å². The second-order valence-electron chi connectivity index (χ2n) is 5.55. The van der Waals surface area contributed by atoms with Crippen molar-refractivity contribution in [2.24, 2.45) is 0 Å². The lowest BCUT2D eigenvalue weighted by Crippen LogP contribution is -2.30. The molecule has 0 bridgehead atoms. The van der Waals surface area contributed by atoms with Crippen LogP contribution in [0.15, 0.2) is 47.4 Å². The van der Waals surface area contributed by atoms with Crippen molar-refractivity contribution in [1.29, 1.82) is 5.26 Å². The number of benzene rings is 2. The van der Waals surface area contributed by atoms with Gasteiger partial charge in [-0.1, -0.05) is 23.7 Å². The van der Waals surface area contributed by atoms with Crippen molar-refractivity contribution in [3.63, 3.8) is 0 Å². The molecule has 146 valence electrons.